The van der Waals surface area contributed by atoms with Crippen LogP contribution in [0.3, 0.4) is 0 Å². The number of hydrogen-bond donors (Lipinski definition) is 0. The molecule has 182 valence electrons. The summed E-state index contributed by atoms with van der Waals surface area (Å²) in [6.45, 7) is -0.198. The first-order chi connectivity index (χ1) is 17.6. The summed E-state index contributed by atoms with van der Waals surface area (Å²) in [5, 5.41) is 0. The average Bonchev–Trinajstić information content (AvgIpc) is 3.54. The summed E-state index contributed by atoms with van der Waals surface area (Å²) in [4.78, 5) is 40.8. The number of Topliss-reactive ketones (excluding diaryl/α,β-unsaturated/α-hetero) is 1. The molecule has 3 fully saturated rings. The molecule has 2 bridgehead atoms. The van der Waals surface area contributed by atoms with Gasteiger partial charge in [0, 0.05) is 11.8 Å². The van der Waals surface area contributed by atoms with Crippen LogP contribution in [-0.4, -0.2) is 41.4 Å². The Morgan fingerprint density at radius 1 is 1.03 bits per heavy atom. The SMILES string of the molecule is O=C(COc1ccc([SH+]2=C3C=CC=CC3C(=O)c3ccccc32)cc1)OC1C2CC3C(=O)OC1C3C2. The molecule has 36 heavy (non-hydrogen) atoms. The van der Waals surface area contributed by atoms with Gasteiger partial charge in [0.25, 0.3) is 0 Å². The molecule has 2 aromatic rings. The van der Waals surface area contributed by atoms with Crippen molar-refractivity contribution >= 4 is 33.1 Å². The lowest BCUT2D eigenvalue weighted by Gasteiger charge is -2.25. The molecule has 2 aromatic carbocycles. The molecule has 2 aliphatic heterocycles. The summed E-state index contributed by atoms with van der Waals surface area (Å²) in [5.74, 6) is 0.317. The molecule has 1 saturated heterocycles. The van der Waals surface area contributed by atoms with Crippen molar-refractivity contribution in [2.45, 2.75) is 34.8 Å². The van der Waals surface area contributed by atoms with Crippen molar-refractivity contribution in [2.75, 3.05) is 6.61 Å². The fraction of sp³-hybridized carbons (Fsp3) is 0.310. The van der Waals surface area contributed by atoms with Gasteiger partial charge in [-0.25, -0.2) is 4.79 Å². The van der Waals surface area contributed by atoms with E-state index in [2.05, 4.69) is 6.08 Å². The average molecular weight is 502 g/mol. The Balaban J connectivity index is 1.06. The van der Waals surface area contributed by atoms with Crippen LogP contribution in [-0.2, 0) is 29.5 Å². The molecule has 2 heterocycles. The number of fused-ring (bicyclic) bond motifs is 3. The van der Waals surface area contributed by atoms with Crippen LogP contribution in [0.15, 0.2) is 82.6 Å². The molecular weight excluding hydrogens is 476 g/mol. The molecule has 0 spiro atoms. The van der Waals surface area contributed by atoms with Gasteiger partial charge < -0.3 is 14.2 Å². The Kier molecular flexibility index (Phi) is 5.03. The van der Waals surface area contributed by atoms with Crippen molar-refractivity contribution in [3.8, 4) is 5.75 Å². The number of rotatable bonds is 5. The van der Waals surface area contributed by atoms with Gasteiger partial charge in [-0.05, 0) is 55.3 Å². The highest BCUT2D eigenvalue weighted by molar-refractivity contribution is 7.97. The highest BCUT2D eigenvalue weighted by atomic mass is 32.2. The van der Waals surface area contributed by atoms with E-state index >= 15 is 0 Å². The van der Waals surface area contributed by atoms with E-state index in [-0.39, 0.29) is 54.2 Å². The number of ether oxygens (including phenoxy) is 3. The second-order valence-electron chi connectivity index (χ2n) is 10.0. The third-order valence-corrected chi connectivity index (χ3v) is 10.7. The van der Waals surface area contributed by atoms with E-state index in [0.717, 1.165) is 33.1 Å². The van der Waals surface area contributed by atoms with Gasteiger partial charge in [0.2, 0.25) is 0 Å². The zero-order valence-corrected chi connectivity index (χ0v) is 20.3. The van der Waals surface area contributed by atoms with Gasteiger partial charge in [-0.3, -0.25) is 9.59 Å². The van der Waals surface area contributed by atoms with E-state index in [1.807, 2.05) is 66.8 Å². The highest BCUT2D eigenvalue weighted by Crippen LogP contribution is 2.55. The fourth-order valence-corrected chi connectivity index (χ4v) is 9.20. The molecule has 0 aromatic heterocycles. The molecule has 0 radical (unpaired) electrons. The van der Waals surface area contributed by atoms with Crippen LogP contribution in [0.5, 0.6) is 5.75 Å². The zero-order valence-electron chi connectivity index (χ0n) is 19.4. The van der Waals surface area contributed by atoms with Crippen molar-refractivity contribution in [2.24, 2.45) is 23.7 Å². The summed E-state index contributed by atoms with van der Waals surface area (Å²) in [5.41, 5.74) is 0.792. The molecule has 0 amide bonds. The number of hydrogen-bond acceptors (Lipinski definition) is 6. The number of esters is 2. The van der Waals surface area contributed by atoms with E-state index in [4.69, 9.17) is 14.2 Å². The first kappa shape index (κ1) is 21.8. The molecule has 2 saturated carbocycles. The van der Waals surface area contributed by atoms with Gasteiger partial charge in [-0.1, -0.05) is 40.8 Å². The van der Waals surface area contributed by atoms with Crippen LogP contribution in [0.1, 0.15) is 23.2 Å². The normalized spacial score (nSPS) is 32.8. The number of thiol groups is 1. The molecule has 7 heteroatoms. The maximum Gasteiger partial charge on any atom is 0.344 e. The number of benzene rings is 2. The largest absolute Gasteiger partial charge is 0.482 e. The molecular formula is C29H25O6S+. The maximum absolute atomic E-state index is 13.1. The number of allylic oxidation sites excluding steroid dienone is 4. The standard InChI is InChI=1S/C29H24O6S/c30-25(34-27-16-13-21-22(14-16)29(32)35-28(21)27)15-33-17-9-11-18(12-10-17)36-23-7-3-1-5-19(23)26(31)20-6-2-4-8-24(20)36/h1-12,16,19,21-22,27-28H,13-15H2/p+1. The lowest BCUT2D eigenvalue weighted by molar-refractivity contribution is -0.163. The third-order valence-electron chi connectivity index (χ3n) is 8.08. The number of carbonyl (C=O) groups excluding carboxylic acids is 3. The summed E-state index contributed by atoms with van der Waals surface area (Å²) in [6, 6.07) is 15.6. The van der Waals surface area contributed by atoms with E-state index in [1.165, 1.54) is 0 Å². The van der Waals surface area contributed by atoms with E-state index < -0.39 is 16.5 Å². The molecule has 5 aliphatic rings. The third kappa shape index (κ3) is 3.33. The molecule has 7 atom stereocenters. The first-order valence-corrected chi connectivity index (χ1v) is 13.7. The summed E-state index contributed by atoms with van der Waals surface area (Å²) < 4.78 is 16.9. The molecule has 3 aliphatic carbocycles. The smallest absolute Gasteiger partial charge is 0.344 e. The maximum atomic E-state index is 13.1. The Labute approximate surface area is 210 Å². The summed E-state index contributed by atoms with van der Waals surface area (Å²) in [7, 11) is -0.851. The van der Waals surface area contributed by atoms with Crippen LogP contribution >= 0.6 is 0 Å². The van der Waals surface area contributed by atoms with Crippen LogP contribution in [0.4, 0.5) is 0 Å². The van der Waals surface area contributed by atoms with Crippen molar-refractivity contribution < 1.29 is 28.6 Å². The topological polar surface area (TPSA) is 78.9 Å². The minimum absolute atomic E-state index is 0.00538. The van der Waals surface area contributed by atoms with Crippen molar-refractivity contribution in [1.82, 2.24) is 0 Å². The second kappa shape index (κ2) is 8.30. The highest BCUT2D eigenvalue weighted by Gasteiger charge is 2.63. The van der Waals surface area contributed by atoms with Gasteiger partial charge >= 0.3 is 11.9 Å². The molecule has 6 nitrogen and oxygen atoms in total. The Morgan fingerprint density at radius 3 is 2.72 bits per heavy atom. The quantitative estimate of drug-likeness (QED) is 0.270. The minimum Gasteiger partial charge on any atom is -0.482 e. The Bertz CT molecular complexity index is 1390. The van der Waals surface area contributed by atoms with Gasteiger partial charge in [0.05, 0.1) is 11.5 Å². The number of ketones is 1. The van der Waals surface area contributed by atoms with E-state index in [9.17, 15) is 14.4 Å². The summed E-state index contributed by atoms with van der Waals surface area (Å²) >= 11 is 0. The zero-order chi connectivity index (χ0) is 24.4. The lowest BCUT2D eigenvalue weighted by Crippen LogP contribution is -2.37. The van der Waals surface area contributed by atoms with Gasteiger partial charge in [-0.2, -0.15) is 0 Å². The first-order valence-electron chi connectivity index (χ1n) is 12.4. The monoisotopic (exact) mass is 501 g/mol. The van der Waals surface area contributed by atoms with Crippen LogP contribution in [0, 0.1) is 23.7 Å². The Morgan fingerprint density at radius 2 is 1.86 bits per heavy atom. The van der Waals surface area contributed by atoms with Crippen LogP contribution < -0.4 is 4.74 Å². The van der Waals surface area contributed by atoms with Crippen LogP contribution in [0.2, 0.25) is 0 Å². The van der Waals surface area contributed by atoms with Gasteiger partial charge in [0.15, 0.2) is 12.4 Å². The van der Waals surface area contributed by atoms with Gasteiger partial charge in [-0.15, -0.1) is 0 Å². The summed E-state index contributed by atoms with van der Waals surface area (Å²) in [6.07, 6.45) is 8.99. The molecule has 0 N–H and O–H groups in total. The Hall–Kier alpha value is -3.45. The lowest BCUT2D eigenvalue weighted by atomic mass is 9.88. The van der Waals surface area contributed by atoms with Crippen LogP contribution in [0.25, 0.3) is 0 Å². The molecule has 7 rings (SSSR count). The fourth-order valence-electron chi connectivity index (χ4n) is 6.52. The van der Waals surface area contributed by atoms with E-state index in [0.29, 0.717) is 5.75 Å². The predicted octanol–water partition coefficient (Wildman–Crippen LogP) is 3.44. The van der Waals surface area contributed by atoms with Crippen molar-refractivity contribution in [3.05, 3.63) is 78.4 Å². The minimum atomic E-state index is -0.851. The van der Waals surface area contributed by atoms with Gasteiger partial charge in [0.1, 0.15) is 38.5 Å². The van der Waals surface area contributed by atoms with Crippen molar-refractivity contribution in [1.29, 1.82) is 0 Å². The van der Waals surface area contributed by atoms with E-state index in [1.54, 1.807) is 0 Å². The molecule has 7 unspecified atom stereocenters. The van der Waals surface area contributed by atoms with Crippen molar-refractivity contribution in [3.63, 3.8) is 0 Å². The number of carbonyl (C=O) groups is 3. The predicted molar refractivity (Wildman–Crippen MR) is 134 cm³/mol. The second-order valence-corrected chi connectivity index (χ2v) is 12.2.